The van der Waals surface area contributed by atoms with Gasteiger partial charge in [-0.15, -0.1) is 0 Å². The maximum Gasteiger partial charge on any atom is 0.0474 e. The van der Waals surface area contributed by atoms with Crippen molar-refractivity contribution in [2.45, 2.75) is 40.2 Å². The molecule has 0 aromatic heterocycles. The Morgan fingerprint density at radius 3 is 2.14 bits per heavy atom. The fourth-order valence-corrected chi connectivity index (χ4v) is 2.48. The molecule has 2 nitrogen and oxygen atoms in total. The molecule has 1 aliphatic rings. The van der Waals surface area contributed by atoms with Crippen LogP contribution in [0.5, 0.6) is 0 Å². The van der Waals surface area contributed by atoms with Gasteiger partial charge in [0.2, 0.25) is 0 Å². The van der Waals surface area contributed by atoms with Crippen LogP contribution in [-0.4, -0.2) is 35.7 Å². The van der Waals surface area contributed by atoms with Crippen LogP contribution in [0.3, 0.4) is 0 Å². The van der Waals surface area contributed by atoms with E-state index in [1.54, 1.807) is 0 Å². The maximum atomic E-state index is 9.32. The summed E-state index contributed by atoms with van der Waals surface area (Å²) < 4.78 is 0. The second-order valence-electron chi connectivity index (χ2n) is 5.38. The summed E-state index contributed by atoms with van der Waals surface area (Å²) in [6.07, 6.45) is 1.26. The number of likely N-dealkylation sites (tertiary alicyclic amines) is 1. The van der Waals surface area contributed by atoms with Gasteiger partial charge in [0.1, 0.15) is 0 Å². The monoisotopic (exact) mass is 199 g/mol. The Hall–Kier alpha value is -0.0800. The molecular weight excluding hydrogens is 174 g/mol. The molecule has 0 bridgehead atoms. The van der Waals surface area contributed by atoms with Crippen LogP contribution in [0.4, 0.5) is 0 Å². The highest BCUT2D eigenvalue weighted by Crippen LogP contribution is 2.29. The molecule has 0 spiro atoms. The highest BCUT2D eigenvalue weighted by molar-refractivity contribution is 4.85. The van der Waals surface area contributed by atoms with Gasteiger partial charge in [-0.3, -0.25) is 0 Å². The molecule has 1 aliphatic heterocycles. The first kappa shape index (κ1) is 12.0. The lowest BCUT2D eigenvalue weighted by molar-refractivity contribution is 0.189. The van der Waals surface area contributed by atoms with Crippen molar-refractivity contribution < 1.29 is 5.11 Å². The van der Waals surface area contributed by atoms with Crippen molar-refractivity contribution >= 4 is 0 Å². The summed E-state index contributed by atoms with van der Waals surface area (Å²) in [7, 11) is 0. The highest BCUT2D eigenvalue weighted by atomic mass is 16.3. The summed E-state index contributed by atoms with van der Waals surface area (Å²) >= 11 is 0. The molecule has 0 amide bonds. The molecule has 0 radical (unpaired) electrons. The number of aliphatic hydroxyl groups is 1. The van der Waals surface area contributed by atoms with Gasteiger partial charge in [-0.1, -0.05) is 13.8 Å². The molecule has 1 rings (SSSR count). The van der Waals surface area contributed by atoms with Gasteiger partial charge in [0.15, 0.2) is 0 Å². The number of aliphatic hydroxyl groups excluding tert-OH is 1. The van der Waals surface area contributed by atoms with E-state index in [0.717, 1.165) is 12.5 Å². The van der Waals surface area contributed by atoms with Gasteiger partial charge in [-0.2, -0.15) is 0 Å². The van der Waals surface area contributed by atoms with E-state index < -0.39 is 0 Å². The second kappa shape index (κ2) is 5.13. The zero-order valence-electron chi connectivity index (χ0n) is 10.0. The quantitative estimate of drug-likeness (QED) is 0.748. The Morgan fingerprint density at radius 1 is 1.14 bits per heavy atom. The summed E-state index contributed by atoms with van der Waals surface area (Å²) in [5.74, 6) is 1.98. The van der Waals surface area contributed by atoms with Gasteiger partial charge in [0.05, 0.1) is 0 Å². The Kier molecular flexibility index (Phi) is 4.39. The molecule has 2 heteroatoms. The predicted octanol–water partition coefficient (Wildman–Crippen LogP) is 1.98. The molecule has 0 aliphatic carbocycles. The number of hydrogen-bond donors (Lipinski definition) is 1. The van der Waals surface area contributed by atoms with Crippen LogP contribution >= 0.6 is 0 Å². The summed E-state index contributed by atoms with van der Waals surface area (Å²) in [6, 6.07) is 0.626. The van der Waals surface area contributed by atoms with E-state index in [2.05, 4.69) is 32.6 Å². The van der Waals surface area contributed by atoms with Crippen molar-refractivity contribution in [1.29, 1.82) is 0 Å². The van der Waals surface area contributed by atoms with E-state index in [-0.39, 0.29) is 0 Å². The minimum absolute atomic E-state index is 0.362. The molecule has 0 saturated carbocycles. The molecular formula is C12H25NO. The van der Waals surface area contributed by atoms with E-state index in [1.165, 1.54) is 13.0 Å². The summed E-state index contributed by atoms with van der Waals surface area (Å²) in [5.41, 5.74) is 0. The third-order valence-corrected chi connectivity index (χ3v) is 3.34. The van der Waals surface area contributed by atoms with Gasteiger partial charge in [0.25, 0.3) is 0 Å². The van der Waals surface area contributed by atoms with Gasteiger partial charge < -0.3 is 10.0 Å². The van der Waals surface area contributed by atoms with Crippen molar-refractivity contribution in [3.8, 4) is 0 Å². The lowest BCUT2D eigenvalue weighted by Gasteiger charge is -2.20. The molecule has 1 N–H and O–H groups in total. The van der Waals surface area contributed by atoms with Crippen LogP contribution in [0.2, 0.25) is 0 Å². The molecule has 14 heavy (non-hydrogen) atoms. The van der Waals surface area contributed by atoms with Crippen molar-refractivity contribution in [3.05, 3.63) is 0 Å². The third kappa shape index (κ3) is 2.96. The van der Waals surface area contributed by atoms with Crippen molar-refractivity contribution in [2.24, 2.45) is 17.8 Å². The normalized spacial score (nSPS) is 29.4. The molecule has 0 unspecified atom stereocenters. The topological polar surface area (TPSA) is 23.5 Å². The van der Waals surface area contributed by atoms with Gasteiger partial charge >= 0.3 is 0 Å². The Bertz CT molecular complexity index is 168. The molecule has 0 aromatic carbocycles. The van der Waals surface area contributed by atoms with Gasteiger partial charge in [-0.25, -0.2) is 0 Å². The van der Waals surface area contributed by atoms with E-state index >= 15 is 0 Å². The summed E-state index contributed by atoms with van der Waals surface area (Å²) in [5, 5.41) is 9.32. The molecule has 2 atom stereocenters. The second-order valence-corrected chi connectivity index (χ2v) is 5.38. The van der Waals surface area contributed by atoms with Crippen LogP contribution in [0.25, 0.3) is 0 Å². The average molecular weight is 199 g/mol. The number of hydrogen-bond acceptors (Lipinski definition) is 2. The van der Waals surface area contributed by atoms with Crippen LogP contribution in [0.1, 0.15) is 34.1 Å². The van der Waals surface area contributed by atoms with Crippen molar-refractivity contribution in [2.75, 3.05) is 19.7 Å². The molecule has 1 saturated heterocycles. The van der Waals surface area contributed by atoms with Crippen LogP contribution in [0, 0.1) is 17.8 Å². The van der Waals surface area contributed by atoms with E-state index in [0.29, 0.717) is 24.5 Å². The zero-order valence-corrected chi connectivity index (χ0v) is 10.0. The van der Waals surface area contributed by atoms with E-state index in [9.17, 15) is 5.11 Å². The van der Waals surface area contributed by atoms with Crippen LogP contribution in [-0.2, 0) is 0 Å². The Labute approximate surface area is 88.3 Å². The van der Waals surface area contributed by atoms with Crippen molar-refractivity contribution in [3.63, 3.8) is 0 Å². The first-order valence-corrected chi connectivity index (χ1v) is 5.89. The SMILES string of the molecule is CC(C)C[C@H]1CN(C(C)C)C[C@H]1CO. The van der Waals surface area contributed by atoms with Crippen LogP contribution < -0.4 is 0 Å². The summed E-state index contributed by atoms with van der Waals surface area (Å²) in [4.78, 5) is 2.49. The zero-order chi connectivity index (χ0) is 10.7. The number of nitrogens with zero attached hydrogens (tertiary/aromatic N) is 1. The van der Waals surface area contributed by atoms with Gasteiger partial charge in [-0.05, 0) is 38.0 Å². The molecule has 0 aromatic rings. The average Bonchev–Trinajstić information content (AvgIpc) is 2.46. The molecule has 84 valence electrons. The third-order valence-electron chi connectivity index (χ3n) is 3.34. The highest BCUT2D eigenvalue weighted by Gasteiger charge is 2.33. The predicted molar refractivity (Wildman–Crippen MR) is 60.2 cm³/mol. The minimum atomic E-state index is 0.362. The Balaban J connectivity index is 2.49. The first-order chi connectivity index (χ1) is 6.54. The minimum Gasteiger partial charge on any atom is -0.396 e. The Morgan fingerprint density at radius 2 is 1.71 bits per heavy atom. The lowest BCUT2D eigenvalue weighted by atomic mass is 9.89. The van der Waals surface area contributed by atoms with Crippen LogP contribution in [0.15, 0.2) is 0 Å². The summed E-state index contributed by atoms with van der Waals surface area (Å²) in [6.45, 7) is 11.7. The molecule has 1 heterocycles. The van der Waals surface area contributed by atoms with E-state index in [4.69, 9.17) is 0 Å². The molecule has 1 fully saturated rings. The standard InChI is InChI=1S/C12H25NO/c1-9(2)5-11-6-13(10(3)4)7-12(11)8-14/h9-12,14H,5-8H2,1-4H3/t11-,12-/m0/s1. The first-order valence-electron chi connectivity index (χ1n) is 5.89. The van der Waals surface area contributed by atoms with Gasteiger partial charge in [0, 0.05) is 25.7 Å². The van der Waals surface area contributed by atoms with Crippen molar-refractivity contribution in [1.82, 2.24) is 4.90 Å². The fraction of sp³-hybridized carbons (Fsp3) is 1.00. The van der Waals surface area contributed by atoms with E-state index in [1.807, 2.05) is 0 Å². The number of rotatable bonds is 4. The fourth-order valence-electron chi connectivity index (χ4n) is 2.48. The maximum absolute atomic E-state index is 9.32. The lowest BCUT2D eigenvalue weighted by Crippen LogP contribution is -2.28. The smallest absolute Gasteiger partial charge is 0.0474 e. The largest absolute Gasteiger partial charge is 0.396 e.